The minimum absolute atomic E-state index is 0.0771. The molecule has 1 aliphatic carbocycles. The van der Waals surface area contributed by atoms with Crippen LogP contribution in [0.4, 0.5) is 34.1 Å². The Morgan fingerprint density at radius 3 is 1.90 bits per heavy atom. The Labute approximate surface area is 306 Å². The summed E-state index contributed by atoms with van der Waals surface area (Å²) in [5, 5.41) is 0. The first kappa shape index (κ1) is 30.7. The lowest BCUT2D eigenvalue weighted by atomic mass is 9.70. The van der Waals surface area contributed by atoms with Crippen LogP contribution < -0.4 is 14.5 Å². The molecule has 2 aliphatic heterocycles. The van der Waals surface area contributed by atoms with Crippen molar-refractivity contribution in [2.24, 2.45) is 0 Å². The van der Waals surface area contributed by atoms with Gasteiger partial charge in [0.05, 0.1) is 17.1 Å². The normalized spacial score (nSPS) is 15.1. The lowest BCUT2D eigenvalue weighted by Crippen LogP contribution is -2.33. The molecule has 252 valence electrons. The maximum Gasteiger partial charge on any atom is 0.151 e. The molecule has 0 unspecified atom stereocenters. The highest BCUT2D eigenvalue weighted by atomic mass is 16.5. The third kappa shape index (κ3) is 4.26. The van der Waals surface area contributed by atoms with Crippen molar-refractivity contribution >= 4 is 34.1 Å². The Morgan fingerprint density at radius 1 is 0.481 bits per heavy atom. The molecule has 0 radical (unpaired) electrons. The van der Waals surface area contributed by atoms with E-state index in [-0.39, 0.29) is 10.8 Å². The van der Waals surface area contributed by atoms with Crippen molar-refractivity contribution in [3.05, 3.63) is 179 Å². The van der Waals surface area contributed by atoms with E-state index in [0.717, 1.165) is 39.9 Å². The molecule has 0 aromatic heterocycles. The van der Waals surface area contributed by atoms with Gasteiger partial charge in [-0.25, -0.2) is 0 Å². The second kappa shape index (κ2) is 11.0. The summed E-state index contributed by atoms with van der Waals surface area (Å²) in [5.74, 6) is 1.80. The summed E-state index contributed by atoms with van der Waals surface area (Å²) >= 11 is 0. The Bertz CT molecular complexity index is 2560. The summed E-state index contributed by atoms with van der Waals surface area (Å²) in [6.07, 6.45) is 0. The summed E-state index contributed by atoms with van der Waals surface area (Å²) in [4.78, 5) is 4.83. The highest BCUT2D eigenvalue weighted by Gasteiger charge is 2.43. The molecule has 3 nitrogen and oxygen atoms in total. The fraction of sp³-hybridized carbons (Fsp3) is 0.143. The van der Waals surface area contributed by atoms with Crippen molar-refractivity contribution in [1.29, 1.82) is 0 Å². The number of aryl methyl sites for hydroxylation is 1. The average Bonchev–Trinajstić information content (AvgIpc) is 3.39. The highest BCUT2D eigenvalue weighted by Crippen LogP contribution is 2.61. The molecule has 0 spiro atoms. The molecule has 0 atom stereocenters. The van der Waals surface area contributed by atoms with E-state index in [1.54, 1.807) is 0 Å². The van der Waals surface area contributed by atoms with E-state index in [0.29, 0.717) is 0 Å². The molecule has 52 heavy (non-hydrogen) atoms. The number of hydrogen-bond acceptors (Lipinski definition) is 3. The minimum atomic E-state index is -0.263. The lowest BCUT2D eigenvalue weighted by Gasteiger charge is -2.46. The van der Waals surface area contributed by atoms with Crippen molar-refractivity contribution in [1.82, 2.24) is 0 Å². The molecule has 0 amide bonds. The van der Waals surface area contributed by atoms with Crippen molar-refractivity contribution in [2.75, 3.05) is 9.80 Å². The van der Waals surface area contributed by atoms with Gasteiger partial charge in [-0.3, -0.25) is 0 Å². The van der Waals surface area contributed by atoms with Crippen LogP contribution in [0.3, 0.4) is 0 Å². The molecule has 7 aromatic rings. The summed E-state index contributed by atoms with van der Waals surface area (Å²) in [6, 6.07) is 55.4. The van der Waals surface area contributed by atoms with Crippen LogP contribution in [0, 0.1) is 6.92 Å². The van der Waals surface area contributed by atoms with Crippen LogP contribution >= 0.6 is 0 Å². The van der Waals surface area contributed by atoms with Gasteiger partial charge in [0.2, 0.25) is 0 Å². The molecule has 3 heteroatoms. The van der Waals surface area contributed by atoms with Crippen molar-refractivity contribution in [2.45, 2.75) is 45.4 Å². The van der Waals surface area contributed by atoms with E-state index < -0.39 is 0 Å². The smallest absolute Gasteiger partial charge is 0.151 e. The fourth-order valence-corrected chi connectivity index (χ4v) is 9.22. The third-order valence-corrected chi connectivity index (χ3v) is 11.7. The predicted molar refractivity (Wildman–Crippen MR) is 216 cm³/mol. The van der Waals surface area contributed by atoms with E-state index in [4.69, 9.17) is 4.74 Å². The van der Waals surface area contributed by atoms with Crippen LogP contribution in [-0.2, 0) is 10.8 Å². The van der Waals surface area contributed by atoms with E-state index in [1.807, 2.05) is 0 Å². The molecule has 0 saturated heterocycles. The van der Waals surface area contributed by atoms with Gasteiger partial charge < -0.3 is 14.5 Å². The second-order valence-electron chi connectivity index (χ2n) is 15.5. The number of rotatable bonds is 4. The van der Waals surface area contributed by atoms with Crippen molar-refractivity contribution < 1.29 is 4.74 Å². The summed E-state index contributed by atoms with van der Waals surface area (Å²) in [7, 11) is 0. The van der Waals surface area contributed by atoms with Gasteiger partial charge in [-0.05, 0) is 112 Å². The first-order valence-corrected chi connectivity index (χ1v) is 18.3. The summed E-state index contributed by atoms with van der Waals surface area (Å²) in [5.41, 5.74) is 18.2. The lowest BCUT2D eigenvalue weighted by molar-refractivity contribution is 0.471. The Balaban J connectivity index is 1.10. The number of ether oxygens (including phenoxy) is 1. The average molecular weight is 673 g/mol. The van der Waals surface area contributed by atoms with Crippen LogP contribution in [0.15, 0.2) is 152 Å². The quantitative estimate of drug-likeness (QED) is 0.185. The monoisotopic (exact) mass is 672 g/mol. The van der Waals surface area contributed by atoms with Gasteiger partial charge in [0.15, 0.2) is 11.5 Å². The fourth-order valence-electron chi connectivity index (χ4n) is 9.22. The van der Waals surface area contributed by atoms with E-state index in [9.17, 15) is 0 Å². The molecule has 3 aliphatic rings. The zero-order valence-electron chi connectivity index (χ0n) is 30.2. The second-order valence-corrected chi connectivity index (χ2v) is 15.5. The predicted octanol–water partition coefficient (Wildman–Crippen LogP) is 13.7. The molecule has 0 fully saturated rings. The van der Waals surface area contributed by atoms with Crippen LogP contribution in [0.25, 0.3) is 22.3 Å². The standard InChI is InChI=1S/C49H40N2O/c1-31-14-11-22-43-46(31)51-42-21-12-18-36(45(42)49(4,5)40-20-13-23-44(52-43)47(40)51)32-24-26-34(27-25-32)50(33-15-7-6-8-16-33)35-28-29-38-37-17-9-10-19-39(37)48(2,3)41(38)30-35/h6-30H,1-5H3. The number of nitrogens with zero attached hydrogens (tertiary/aromatic N) is 2. The molecule has 0 bridgehead atoms. The van der Waals surface area contributed by atoms with Crippen molar-refractivity contribution in [3.63, 3.8) is 0 Å². The van der Waals surface area contributed by atoms with Gasteiger partial charge in [-0.15, -0.1) is 0 Å². The highest BCUT2D eigenvalue weighted by molar-refractivity contribution is 5.97. The molecular formula is C49H40N2O. The number of anilines is 6. The van der Waals surface area contributed by atoms with Crippen LogP contribution in [0.2, 0.25) is 0 Å². The van der Waals surface area contributed by atoms with E-state index >= 15 is 0 Å². The Hall–Kier alpha value is -6.06. The molecule has 2 heterocycles. The van der Waals surface area contributed by atoms with Gasteiger partial charge in [-0.1, -0.05) is 125 Å². The SMILES string of the molecule is Cc1cccc2c1N1c3cccc(-c4ccc(N(c5ccccc5)c5ccc6c(c5)C(C)(C)c5ccccc5-6)cc4)c3C(C)(C)c3cccc(c31)O2. The molecular weight excluding hydrogens is 633 g/mol. The topological polar surface area (TPSA) is 15.7 Å². The first-order valence-electron chi connectivity index (χ1n) is 18.3. The maximum atomic E-state index is 6.54. The largest absolute Gasteiger partial charge is 0.453 e. The number of hydrogen-bond donors (Lipinski definition) is 0. The van der Waals surface area contributed by atoms with Gasteiger partial charge in [-0.2, -0.15) is 0 Å². The maximum absolute atomic E-state index is 6.54. The van der Waals surface area contributed by atoms with Crippen LogP contribution in [0.1, 0.15) is 55.5 Å². The molecule has 0 N–H and O–H groups in total. The molecule has 7 aromatic carbocycles. The number of fused-ring (bicyclic) bond motifs is 7. The number of para-hydroxylation sites is 3. The van der Waals surface area contributed by atoms with Gasteiger partial charge >= 0.3 is 0 Å². The molecule has 0 saturated carbocycles. The van der Waals surface area contributed by atoms with E-state index in [2.05, 4.69) is 196 Å². The zero-order valence-corrected chi connectivity index (χ0v) is 30.2. The Kier molecular flexibility index (Phi) is 6.48. The summed E-state index contributed by atoms with van der Waals surface area (Å²) < 4.78 is 6.54. The zero-order chi connectivity index (χ0) is 35.4. The van der Waals surface area contributed by atoms with Crippen LogP contribution in [-0.4, -0.2) is 0 Å². The van der Waals surface area contributed by atoms with Crippen LogP contribution in [0.5, 0.6) is 11.5 Å². The minimum Gasteiger partial charge on any atom is -0.453 e. The third-order valence-electron chi connectivity index (χ3n) is 11.7. The molecule has 10 rings (SSSR count). The Morgan fingerprint density at radius 2 is 1.10 bits per heavy atom. The number of benzene rings is 7. The van der Waals surface area contributed by atoms with Gasteiger partial charge in [0.1, 0.15) is 0 Å². The first-order chi connectivity index (χ1) is 25.2. The van der Waals surface area contributed by atoms with Gasteiger partial charge in [0, 0.05) is 27.9 Å². The summed E-state index contributed by atoms with van der Waals surface area (Å²) in [6.45, 7) is 11.6. The van der Waals surface area contributed by atoms with E-state index in [1.165, 1.54) is 55.8 Å². The van der Waals surface area contributed by atoms with Gasteiger partial charge in [0.25, 0.3) is 0 Å². The van der Waals surface area contributed by atoms with Crippen molar-refractivity contribution in [3.8, 4) is 33.8 Å².